The Hall–Kier alpha value is -1.57. The quantitative estimate of drug-likeness (QED) is 0.643. The first-order chi connectivity index (χ1) is 13.2. The van der Waals surface area contributed by atoms with Crippen LogP contribution in [0.3, 0.4) is 0 Å². The van der Waals surface area contributed by atoms with Crippen LogP contribution in [-0.4, -0.2) is 43.8 Å². The number of rotatable bonds is 6. The van der Waals surface area contributed by atoms with Gasteiger partial charge in [0.25, 0.3) is 5.91 Å². The largest absolute Gasteiger partial charge is 0.433 e. The summed E-state index contributed by atoms with van der Waals surface area (Å²) in [4.78, 5) is 15.3. The number of aryl methyl sites for hydroxylation is 2. The lowest BCUT2D eigenvalue weighted by Gasteiger charge is -2.38. The molecule has 160 valence electrons. The summed E-state index contributed by atoms with van der Waals surface area (Å²) in [5.74, 6) is -0.0584. The first-order valence-electron chi connectivity index (χ1n) is 10.4. The van der Waals surface area contributed by atoms with Gasteiger partial charge in [0, 0.05) is 11.9 Å². The van der Waals surface area contributed by atoms with Gasteiger partial charge in [-0.1, -0.05) is 26.3 Å². The van der Waals surface area contributed by atoms with E-state index in [9.17, 15) is 9.82 Å². The second-order valence-corrected chi connectivity index (χ2v) is 14.7. The van der Waals surface area contributed by atoms with Crippen molar-refractivity contribution in [1.29, 1.82) is 0 Å². The van der Waals surface area contributed by atoms with Gasteiger partial charge >= 0.3 is 7.05 Å². The number of benzene rings is 1. The minimum atomic E-state index is -1.89. The van der Waals surface area contributed by atoms with Gasteiger partial charge in [-0.25, -0.2) is 0 Å². The molecule has 7 heteroatoms. The van der Waals surface area contributed by atoms with Crippen molar-refractivity contribution in [3.05, 3.63) is 40.6 Å². The number of hydrogen-bond donors (Lipinski definition) is 2. The molecule has 2 N–H and O–H groups in total. The van der Waals surface area contributed by atoms with E-state index in [0.29, 0.717) is 17.9 Å². The highest BCUT2D eigenvalue weighted by Crippen LogP contribution is 2.37. The van der Waals surface area contributed by atoms with Crippen molar-refractivity contribution < 1.29 is 14.2 Å². The van der Waals surface area contributed by atoms with Crippen molar-refractivity contribution in [2.24, 2.45) is 0 Å². The summed E-state index contributed by atoms with van der Waals surface area (Å²) in [7, 11) is -2.63. The maximum Gasteiger partial charge on any atom is 0.406 e. The monoisotopic (exact) mass is 416 g/mol. The van der Waals surface area contributed by atoms with Gasteiger partial charge in [-0.3, -0.25) is 4.79 Å². The third kappa shape index (κ3) is 5.53. The third-order valence-corrected chi connectivity index (χ3v) is 10.7. The molecule has 1 aromatic carbocycles. The predicted octanol–water partition coefficient (Wildman–Crippen LogP) is 4.97. The minimum absolute atomic E-state index is 0.00219. The van der Waals surface area contributed by atoms with E-state index in [4.69, 9.17) is 4.43 Å². The van der Waals surface area contributed by atoms with E-state index in [2.05, 4.69) is 46.0 Å². The van der Waals surface area contributed by atoms with E-state index in [0.717, 1.165) is 17.5 Å². The number of nitrogens with one attached hydrogen (secondary N) is 1. The zero-order valence-electron chi connectivity index (χ0n) is 19.5. The molecule has 0 bridgehead atoms. The minimum Gasteiger partial charge on any atom is -0.433 e. The van der Waals surface area contributed by atoms with Crippen LogP contribution in [0.2, 0.25) is 25.0 Å². The van der Waals surface area contributed by atoms with Gasteiger partial charge in [0.05, 0.1) is 18.2 Å². The summed E-state index contributed by atoms with van der Waals surface area (Å²) in [6.07, 6.45) is 2.77. The van der Waals surface area contributed by atoms with E-state index in [1.165, 1.54) is 5.57 Å². The Morgan fingerprint density at radius 2 is 1.86 bits per heavy atom. The lowest BCUT2D eigenvalue weighted by Crippen LogP contribution is -2.45. The Morgan fingerprint density at radius 3 is 2.41 bits per heavy atom. The van der Waals surface area contributed by atoms with E-state index in [-0.39, 0.29) is 17.0 Å². The summed E-state index contributed by atoms with van der Waals surface area (Å²) >= 11 is 0. The van der Waals surface area contributed by atoms with E-state index >= 15 is 0 Å². The average molecular weight is 416 g/mol. The molecule has 0 unspecified atom stereocenters. The second-order valence-electron chi connectivity index (χ2n) is 9.92. The van der Waals surface area contributed by atoms with Crippen molar-refractivity contribution in [3.63, 3.8) is 0 Å². The van der Waals surface area contributed by atoms with E-state index < -0.39 is 15.4 Å². The predicted molar refractivity (Wildman–Crippen MR) is 125 cm³/mol. The van der Waals surface area contributed by atoms with Crippen LogP contribution in [0.4, 0.5) is 5.69 Å². The van der Waals surface area contributed by atoms with Crippen molar-refractivity contribution >= 4 is 27.0 Å². The molecule has 1 aliphatic heterocycles. The number of anilines is 1. The first-order valence-corrected chi connectivity index (χ1v) is 13.3. The summed E-state index contributed by atoms with van der Waals surface area (Å²) in [6, 6.07) is 3.84. The van der Waals surface area contributed by atoms with E-state index in [1.54, 1.807) is 6.82 Å². The van der Waals surface area contributed by atoms with Gasteiger partial charge < -0.3 is 19.6 Å². The molecule has 1 heterocycles. The Labute approximate surface area is 177 Å². The molecule has 1 amide bonds. The maximum atomic E-state index is 13.5. The number of amides is 1. The van der Waals surface area contributed by atoms with E-state index in [1.807, 2.05) is 37.1 Å². The maximum absolute atomic E-state index is 13.5. The zero-order valence-corrected chi connectivity index (χ0v) is 20.5. The average Bonchev–Trinajstić information content (AvgIpc) is 2.95. The molecule has 0 saturated carbocycles. The topological polar surface area (TPSA) is 61.8 Å². The summed E-state index contributed by atoms with van der Waals surface area (Å²) in [5, 5.41) is 13.0. The highest BCUT2D eigenvalue weighted by atomic mass is 28.4. The SMILES string of the molecule is CB(O)Nc1cc(C)c(C)cc1C(=O)N1C=C(C)C[C@H]1CO[Si](C)(C)C(C)(C)C. The van der Waals surface area contributed by atoms with Crippen LogP contribution in [0, 0.1) is 13.8 Å². The molecule has 5 nitrogen and oxygen atoms in total. The Bertz CT molecular complexity index is 800. The van der Waals surface area contributed by atoms with Gasteiger partial charge in [-0.2, -0.15) is 0 Å². The standard InChI is InChI=1S/C22H37BN2O3Si/c1-15-10-18(14-28-29(8,9)22(4,5)6)25(13-15)21(26)19-11-16(2)17(3)12-20(19)24-23(7)27/h11-13,18,24,27H,10,14H2,1-9H3/t18-/m0/s1. The van der Waals surface area contributed by atoms with Crippen LogP contribution >= 0.6 is 0 Å². The van der Waals surface area contributed by atoms with Crippen LogP contribution in [0.5, 0.6) is 0 Å². The fraction of sp³-hybridized carbons (Fsp3) is 0.591. The first kappa shape index (κ1) is 23.7. The third-order valence-electron chi connectivity index (χ3n) is 6.22. The number of carbonyl (C=O) groups excluding carboxylic acids is 1. The summed E-state index contributed by atoms with van der Waals surface area (Å²) in [6.45, 7) is 19.4. The molecule has 2 rings (SSSR count). The Kier molecular flexibility index (Phi) is 7.08. The number of carbonyl (C=O) groups is 1. The lowest BCUT2D eigenvalue weighted by atomic mass is 9.87. The molecular weight excluding hydrogens is 379 g/mol. The summed E-state index contributed by atoms with van der Waals surface area (Å²) in [5.41, 5.74) is 4.55. The van der Waals surface area contributed by atoms with Crippen LogP contribution in [0.25, 0.3) is 0 Å². The molecule has 0 spiro atoms. The van der Waals surface area contributed by atoms with Gasteiger partial charge in [0.1, 0.15) is 0 Å². The fourth-order valence-electron chi connectivity index (χ4n) is 3.23. The fourth-order valence-corrected chi connectivity index (χ4v) is 4.27. The van der Waals surface area contributed by atoms with Crippen molar-refractivity contribution in [2.75, 3.05) is 11.8 Å². The Morgan fingerprint density at radius 1 is 1.28 bits per heavy atom. The van der Waals surface area contributed by atoms with Gasteiger partial charge in [-0.15, -0.1) is 0 Å². The van der Waals surface area contributed by atoms with Gasteiger partial charge in [0.2, 0.25) is 0 Å². The molecule has 1 atom stereocenters. The smallest absolute Gasteiger partial charge is 0.406 e. The van der Waals surface area contributed by atoms with Gasteiger partial charge in [0.15, 0.2) is 8.32 Å². The zero-order chi connectivity index (χ0) is 22.1. The second kappa shape index (κ2) is 8.66. The van der Waals surface area contributed by atoms with Crippen LogP contribution in [-0.2, 0) is 4.43 Å². The van der Waals surface area contributed by atoms with Crippen LogP contribution < -0.4 is 5.23 Å². The normalized spacial score (nSPS) is 17.4. The van der Waals surface area contributed by atoms with Crippen molar-refractivity contribution in [2.45, 2.75) is 79.0 Å². The highest BCUT2D eigenvalue weighted by molar-refractivity contribution is 6.74. The molecule has 0 fully saturated rings. The molecule has 1 aromatic rings. The highest BCUT2D eigenvalue weighted by Gasteiger charge is 2.39. The lowest BCUT2D eigenvalue weighted by molar-refractivity contribution is 0.0738. The van der Waals surface area contributed by atoms with Crippen molar-refractivity contribution in [1.82, 2.24) is 4.90 Å². The molecule has 0 aliphatic carbocycles. The molecule has 0 radical (unpaired) electrons. The Balaban J connectivity index is 2.29. The van der Waals surface area contributed by atoms with Crippen molar-refractivity contribution in [3.8, 4) is 0 Å². The number of nitrogens with zero attached hydrogens (tertiary/aromatic N) is 1. The number of hydrogen-bond acceptors (Lipinski definition) is 4. The molecular formula is C22H37BN2O3Si. The molecule has 1 aliphatic rings. The van der Waals surface area contributed by atoms with Gasteiger partial charge in [-0.05, 0) is 75.4 Å². The molecule has 0 saturated heterocycles. The summed E-state index contributed by atoms with van der Waals surface area (Å²) < 4.78 is 6.44. The molecule has 29 heavy (non-hydrogen) atoms. The van der Waals surface area contributed by atoms with Crippen LogP contribution in [0.1, 0.15) is 55.6 Å². The molecule has 0 aromatic heterocycles. The van der Waals surface area contributed by atoms with Crippen LogP contribution in [0.15, 0.2) is 23.9 Å².